The summed E-state index contributed by atoms with van der Waals surface area (Å²) >= 11 is 6.34. The fourth-order valence-corrected chi connectivity index (χ4v) is 2.92. The van der Waals surface area contributed by atoms with Gasteiger partial charge >= 0.3 is 0 Å². The predicted molar refractivity (Wildman–Crippen MR) is 94.9 cm³/mol. The first kappa shape index (κ1) is 14.1. The number of rotatable bonds is 4. The molecule has 1 heterocycles. The summed E-state index contributed by atoms with van der Waals surface area (Å²) in [7, 11) is 0. The smallest absolute Gasteiger partial charge is 0.153 e. The van der Waals surface area contributed by atoms with Gasteiger partial charge in [0.15, 0.2) is 6.26 Å². The van der Waals surface area contributed by atoms with Crippen molar-refractivity contribution < 1.29 is 6.17 Å². The molecule has 0 saturated carbocycles. The summed E-state index contributed by atoms with van der Waals surface area (Å²) in [6.07, 6.45) is 0.810. The lowest BCUT2D eigenvalue weighted by Gasteiger charge is -2.05. The van der Waals surface area contributed by atoms with Crippen molar-refractivity contribution in [2.45, 2.75) is 19.4 Å². The minimum absolute atomic E-state index is 0.280. The second-order valence-electron chi connectivity index (χ2n) is 5.21. The van der Waals surface area contributed by atoms with Crippen LogP contribution in [0, 0.1) is 11.8 Å². The van der Waals surface area contributed by atoms with Crippen LogP contribution in [0.25, 0.3) is 10.9 Å². The van der Waals surface area contributed by atoms with Gasteiger partial charge in [-0.3, -0.25) is 4.79 Å². The summed E-state index contributed by atoms with van der Waals surface area (Å²) in [6.45, 7) is 0.663. The molecule has 0 aliphatic carbocycles. The van der Waals surface area contributed by atoms with Crippen LogP contribution in [0.1, 0.15) is 30.1 Å². The molecular weight excluding hydrogens is 306 g/mol. The molecule has 0 atom stereocenters. The van der Waals surface area contributed by atoms with Crippen LogP contribution in [0.4, 0.5) is 0 Å². The van der Waals surface area contributed by atoms with Crippen molar-refractivity contribution >= 4 is 28.8 Å². The van der Waals surface area contributed by atoms with Crippen molar-refractivity contribution in [2.75, 3.05) is 0 Å². The molecule has 1 aromatic heterocycles. The molecule has 3 rings (SSSR count). The molecule has 0 bridgehead atoms. The molecule has 0 amide bonds. The van der Waals surface area contributed by atoms with E-state index in [-0.39, 0.29) is 5.56 Å². The summed E-state index contributed by atoms with van der Waals surface area (Å²) in [5.74, 6) is 6.29. The number of benzene rings is 2. The molecule has 0 saturated heterocycles. The molecule has 3 aromatic rings. The van der Waals surface area contributed by atoms with Gasteiger partial charge in [0, 0.05) is 29.4 Å². The SMILES string of the molecule is [2H]C(=O)c1c(Cl)n(CCCC#Cc2ccccc2)c2ccccc12. The van der Waals surface area contributed by atoms with Crippen LogP contribution < -0.4 is 0 Å². The highest BCUT2D eigenvalue weighted by molar-refractivity contribution is 6.34. The number of aryl methyl sites for hydroxylation is 1. The Bertz CT molecular complexity index is 935. The molecule has 23 heavy (non-hydrogen) atoms. The normalized spacial score (nSPS) is 10.9. The van der Waals surface area contributed by atoms with Crippen LogP contribution in [0.3, 0.4) is 0 Å². The van der Waals surface area contributed by atoms with Gasteiger partial charge in [-0.2, -0.15) is 0 Å². The maximum Gasteiger partial charge on any atom is 0.153 e. The Balaban J connectivity index is 1.75. The molecule has 0 N–H and O–H groups in total. The summed E-state index contributed by atoms with van der Waals surface area (Å²) in [5, 5.41) is 1.07. The number of para-hydroxylation sites is 1. The molecule has 2 nitrogen and oxygen atoms in total. The van der Waals surface area contributed by atoms with E-state index < -0.39 is 6.26 Å². The van der Waals surface area contributed by atoms with Crippen LogP contribution in [-0.4, -0.2) is 10.8 Å². The van der Waals surface area contributed by atoms with Crippen molar-refractivity contribution in [1.82, 2.24) is 4.57 Å². The van der Waals surface area contributed by atoms with E-state index in [2.05, 4.69) is 11.8 Å². The minimum atomic E-state index is -0.751. The molecule has 0 fully saturated rings. The molecular formula is C20H16ClNO. The van der Waals surface area contributed by atoms with Gasteiger partial charge in [-0.25, -0.2) is 0 Å². The zero-order chi connectivity index (χ0) is 16.9. The van der Waals surface area contributed by atoms with Gasteiger partial charge in [0.2, 0.25) is 0 Å². The van der Waals surface area contributed by atoms with Gasteiger partial charge < -0.3 is 4.57 Å². The molecule has 0 unspecified atom stereocenters. The van der Waals surface area contributed by atoms with Crippen molar-refractivity contribution in [3.63, 3.8) is 0 Å². The third kappa shape index (κ3) is 3.31. The second-order valence-corrected chi connectivity index (χ2v) is 5.57. The Morgan fingerprint density at radius 2 is 1.87 bits per heavy atom. The van der Waals surface area contributed by atoms with Crippen molar-refractivity contribution in [3.8, 4) is 11.8 Å². The Kier molecular flexibility index (Phi) is 4.40. The highest BCUT2D eigenvalue weighted by Crippen LogP contribution is 2.29. The number of fused-ring (bicyclic) bond motifs is 1. The Morgan fingerprint density at radius 3 is 2.65 bits per heavy atom. The number of carbonyl (C=O) groups is 1. The van der Waals surface area contributed by atoms with Crippen LogP contribution in [-0.2, 0) is 6.54 Å². The third-order valence-electron chi connectivity index (χ3n) is 3.70. The van der Waals surface area contributed by atoms with Gasteiger partial charge in [-0.05, 0) is 24.6 Å². The summed E-state index contributed by atoms with van der Waals surface area (Å²) in [6, 6.07) is 17.4. The Labute approximate surface area is 142 Å². The van der Waals surface area contributed by atoms with E-state index in [0.29, 0.717) is 11.7 Å². The zero-order valence-electron chi connectivity index (χ0n) is 13.6. The van der Waals surface area contributed by atoms with Gasteiger partial charge in [-0.15, -0.1) is 0 Å². The van der Waals surface area contributed by atoms with E-state index in [1.54, 1.807) is 0 Å². The molecule has 0 aliphatic rings. The largest absolute Gasteiger partial charge is 0.331 e. The predicted octanol–water partition coefficient (Wildman–Crippen LogP) is 4.94. The van der Waals surface area contributed by atoms with Gasteiger partial charge in [-0.1, -0.05) is 59.8 Å². The van der Waals surface area contributed by atoms with E-state index in [1.165, 1.54) is 0 Å². The average Bonchev–Trinajstić information content (AvgIpc) is 2.87. The molecule has 0 spiro atoms. The number of carbonyl (C=O) groups excluding carboxylic acids is 1. The number of hydrogen-bond donors (Lipinski definition) is 0. The van der Waals surface area contributed by atoms with E-state index in [4.69, 9.17) is 13.0 Å². The number of hydrogen-bond acceptors (Lipinski definition) is 1. The zero-order valence-corrected chi connectivity index (χ0v) is 13.3. The van der Waals surface area contributed by atoms with E-state index in [0.717, 1.165) is 29.3 Å². The van der Waals surface area contributed by atoms with E-state index in [1.807, 2.05) is 59.2 Å². The van der Waals surface area contributed by atoms with Crippen LogP contribution in [0.5, 0.6) is 0 Å². The van der Waals surface area contributed by atoms with Crippen molar-refractivity contribution in [3.05, 3.63) is 70.9 Å². The lowest BCUT2D eigenvalue weighted by molar-refractivity contribution is 0.112. The van der Waals surface area contributed by atoms with Crippen LogP contribution in [0.2, 0.25) is 5.15 Å². The van der Waals surface area contributed by atoms with Gasteiger partial charge in [0.05, 0.1) is 5.56 Å². The molecule has 3 heteroatoms. The highest BCUT2D eigenvalue weighted by Gasteiger charge is 2.13. The average molecular weight is 323 g/mol. The maximum atomic E-state index is 11.6. The first-order valence-electron chi connectivity index (χ1n) is 8.00. The second kappa shape index (κ2) is 7.17. The fourth-order valence-electron chi connectivity index (χ4n) is 2.60. The quantitative estimate of drug-likeness (QED) is 0.379. The minimum Gasteiger partial charge on any atom is -0.331 e. The molecule has 114 valence electrons. The van der Waals surface area contributed by atoms with Crippen molar-refractivity contribution in [1.29, 1.82) is 0 Å². The maximum absolute atomic E-state index is 11.6. The van der Waals surface area contributed by atoms with Crippen LogP contribution in [0.15, 0.2) is 54.6 Å². The lowest BCUT2D eigenvalue weighted by atomic mass is 10.2. The molecule has 0 radical (unpaired) electrons. The summed E-state index contributed by atoms with van der Waals surface area (Å²) in [4.78, 5) is 11.6. The lowest BCUT2D eigenvalue weighted by Crippen LogP contribution is -1.97. The van der Waals surface area contributed by atoms with E-state index >= 15 is 0 Å². The Hall–Kier alpha value is -2.50. The van der Waals surface area contributed by atoms with E-state index in [9.17, 15) is 4.79 Å². The Morgan fingerprint density at radius 1 is 1.13 bits per heavy atom. The summed E-state index contributed by atoms with van der Waals surface area (Å²) < 4.78 is 9.33. The molecule has 2 aromatic carbocycles. The number of unbranched alkanes of at least 4 members (excludes halogenated alkanes) is 1. The van der Waals surface area contributed by atoms with Crippen LogP contribution >= 0.6 is 11.6 Å². The monoisotopic (exact) mass is 322 g/mol. The van der Waals surface area contributed by atoms with Gasteiger partial charge in [0.25, 0.3) is 0 Å². The first-order valence-corrected chi connectivity index (χ1v) is 7.88. The number of nitrogens with zero attached hydrogens (tertiary/aromatic N) is 1. The third-order valence-corrected chi connectivity index (χ3v) is 4.09. The molecule has 0 aliphatic heterocycles. The number of aromatic nitrogens is 1. The van der Waals surface area contributed by atoms with Gasteiger partial charge in [0.1, 0.15) is 6.52 Å². The number of aldehydes is 1. The summed E-state index contributed by atoms with van der Waals surface area (Å²) in [5.41, 5.74) is 2.17. The fraction of sp³-hybridized carbons (Fsp3) is 0.150. The number of halogens is 1. The topological polar surface area (TPSA) is 22.0 Å². The standard InChI is InChI=1S/C20H16ClNO/c21-20-18(15-23)17-12-6-7-13-19(17)22(20)14-8-2-5-11-16-9-3-1-4-10-16/h1,3-4,6-7,9-10,12-13,15H,2,8,14H2/i15D. The first-order chi connectivity index (χ1) is 11.7. The highest BCUT2D eigenvalue weighted by atomic mass is 35.5. The van der Waals surface area contributed by atoms with Crippen molar-refractivity contribution in [2.24, 2.45) is 0 Å².